The van der Waals surface area contributed by atoms with Gasteiger partial charge in [0.25, 0.3) is 0 Å². The molecule has 0 atom stereocenters. The van der Waals surface area contributed by atoms with Crippen molar-refractivity contribution >= 4 is 122 Å². The first kappa shape index (κ1) is 32.1. The van der Waals surface area contributed by atoms with E-state index >= 15 is 0 Å². The molecule has 126 valence electrons. The van der Waals surface area contributed by atoms with E-state index in [2.05, 4.69) is 0 Å². The maximum absolute atomic E-state index is 9.51. The molecule has 0 spiro atoms. The molecule has 0 aromatic carbocycles. The van der Waals surface area contributed by atoms with Crippen LogP contribution in [0.5, 0.6) is 0 Å². The van der Waals surface area contributed by atoms with Gasteiger partial charge in [0.05, 0.1) is 17.9 Å². The van der Waals surface area contributed by atoms with Gasteiger partial charge >= 0.3 is 41.3 Å². The van der Waals surface area contributed by atoms with Gasteiger partial charge in [-0.1, -0.05) is 104 Å². The summed E-state index contributed by atoms with van der Waals surface area (Å²) in [4.78, 5) is 28.5. The van der Waals surface area contributed by atoms with E-state index in [1.54, 1.807) is 0 Å². The van der Waals surface area contributed by atoms with E-state index in [0.717, 1.165) is 0 Å². The second-order valence-electron chi connectivity index (χ2n) is 2.36. The maximum atomic E-state index is 9.51. The van der Waals surface area contributed by atoms with Gasteiger partial charge in [-0.3, -0.25) is 0 Å². The van der Waals surface area contributed by atoms with Crippen molar-refractivity contribution in [2.45, 2.75) is 11.4 Å². The van der Waals surface area contributed by atoms with Crippen LogP contribution < -0.4 is 15.3 Å². The molecule has 0 amide bonds. The fourth-order valence-corrected chi connectivity index (χ4v) is 0. The Kier molecular flexibility index (Phi) is 19.8. The third-order valence-electron chi connectivity index (χ3n) is 0.694. The Morgan fingerprint density at radius 2 is 0.545 bits per heavy atom. The Balaban J connectivity index is -0.000000108. The fourth-order valence-electron chi connectivity index (χ4n) is 0. The zero-order valence-corrected chi connectivity index (χ0v) is 19.9. The summed E-state index contributed by atoms with van der Waals surface area (Å²) in [6.45, 7) is 0. The van der Waals surface area contributed by atoms with Crippen molar-refractivity contribution < 1.29 is 71.0 Å². The molecule has 0 rings (SSSR count). The fraction of sp³-hybridized carbons (Fsp3) is 0.500. The first-order valence-electron chi connectivity index (χ1n) is 3.68. The minimum absolute atomic E-state index is 0. The maximum Gasteiger partial charge on any atom is 3.00 e. The van der Waals surface area contributed by atoms with Crippen LogP contribution in [0, 0.1) is 41.3 Å². The zero-order valence-electron chi connectivity index (χ0n) is 9.43. The number of rotatable bonds is 0. The van der Waals surface area contributed by atoms with Gasteiger partial charge in [-0.2, -0.15) is 0 Å². The molecule has 0 fully saturated rings. The van der Waals surface area contributed by atoms with E-state index in [0.29, 0.717) is 0 Å². The van der Waals surface area contributed by atoms with Crippen LogP contribution in [0.4, 0.5) is 0 Å². The van der Waals surface area contributed by atoms with E-state index in [9.17, 15) is 29.7 Å². The van der Waals surface area contributed by atoms with Crippen LogP contribution in [0.15, 0.2) is 0 Å². The second kappa shape index (κ2) is 13.6. The molecule has 16 heteroatoms. The van der Waals surface area contributed by atoms with Crippen LogP contribution in [0.3, 0.4) is 0 Å². The smallest absolute Gasteiger partial charge is 0.545 e. The monoisotopic (exact) mass is 624 g/mol. The van der Waals surface area contributed by atoms with Crippen molar-refractivity contribution in [3.05, 3.63) is 0 Å². The molecule has 0 radical (unpaired) electrons. The van der Waals surface area contributed by atoms with Gasteiger partial charge in [0.1, 0.15) is 0 Å². The van der Waals surface area contributed by atoms with E-state index in [1.807, 2.05) is 0 Å². The third kappa shape index (κ3) is 24.6. The molecule has 6 nitrogen and oxygen atoms in total. The first-order valence-corrected chi connectivity index (χ1v) is 7.08. The molecule has 0 unspecified atom stereocenters. The summed E-state index contributed by atoms with van der Waals surface area (Å²) in [5, 5.41) is 28.5. The van der Waals surface area contributed by atoms with Crippen LogP contribution in [0.25, 0.3) is 0 Å². The van der Waals surface area contributed by atoms with Gasteiger partial charge in [0, 0.05) is 0 Å². The summed E-state index contributed by atoms with van der Waals surface area (Å²) in [5.41, 5.74) is 0. The van der Waals surface area contributed by atoms with E-state index in [1.165, 1.54) is 0 Å². The Bertz CT molecular complexity index is 313. The SMILES string of the molecule is O=C([O-])C(Cl)(Cl)Cl.O=C([O-])C(Cl)(Cl)Cl.O=C([O-])C(Cl)(Cl)Cl.[Pr+3]. The van der Waals surface area contributed by atoms with Crippen LogP contribution in [-0.4, -0.2) is 29.3 Å². The van der Waals surface area contributed by atoms with Crippen molar-refractivity contribution in [2.24, 2.45) is 0 Å². The standard InChI is InChI=1S/3C2HCl3O2.Pr/c3*3-2(4,5)1(6)7;/h3*(H,6,7);/q;;;+3/p-3. The van der Waals surface area contributed by atoms with Crippen molar-refractivity contribution in [1.82, 2.24) is 0 Å². The summed E-state index contributed by atoms with van der Waals surface area (Å²) in [7, 11) is 0. The number of hydrogen-bond donors (Lipinski definition) is 0. The van der Waals surface area contributed by atoms with Gasteiger partial charge in [-0.05, 0) is 0 Å². The van der Waals surface area contributed by atoms with Crippen molar-refractivity contribution in [3.8, 4) is 0 Å². The van der Waals surface area contributed by atoms with Crippen molar-refractivity contribution in [2.75, 3.05) is 0 Å². The number of hydrogen-bond acceptors (Lipinski definition) is 6. The number of carboxylic acids is 3. The number of alkyl halides is 9. The minimum Gasteiger partial charge on any atom is -0.545 e. The van der Waals surface area contributed by atoms with Gasteiger partial charge < -0.3 is 29.7 Å². The zero-order chi connectivity index (χ0) is 18.2. The molecule has 0 heterocycles. The van der Waals surface area contributed by atoms with Gasteiger partial charge in [0.15, 0.2) is 0 Å². The normalized spacial score (nSPS) is 10.8. The Labute approximate surface area is 202 Å². The Hall–Kier alpha value is 2.38. The third-order valence-corrected chi connectivity index (χ3v) is 2.08. The molecule has 0 aliphatic carbocycles. The van der Waals surface area contributed by atoms with E-state index in [-0.39, 0.29) is 41.3 Å². The number of carbonyl (C=O) groups is 3. The molecule has 0 aliphatic rings. The molecule has 0 aliphatic heterocycles. The molecule has 0 N–H and O–H groups in total. The molecular formula is C6Cl9O6Pr. The molecule has 0 aromatic heterocycles. The molecule has 22 heavy (non-hydrogen) atoms. The van der Waals surface area contributed by atoms with Gasteiger partial charge in [0.2, 0.25) is 11.4 Å². The second-order valence-corrected chi connectivity index (χ2v) is 9.20. The molecular weight excluding hydrogens is 628 g/mol. The summed E-state index contributed by atoms with van der Waals surface area (Å²) >= 11 is 42.6. The summed E-state index contributed by atoms with van der Waals surface area (Å²) in [6.07, 6.45) is 0. The number of carboxylic acid groups (broad SMARTS) is 3. The van der Waals surface area contributed by atoms with Crippen molar-refractivity contribution in [3.63, 3.8) is 0 Å². The number of carbonyl (C=O) groups excluding carboxylic acids is 3. The predicted octanol–water partition coefficient (Wildman–Crippen LogP) is 0.319. The van der Waals surface area contributed by atoms with E-state index in [4.69, 9.17) is 104 Å². The van der Waals surface area contributed by atoms with E-state index < -0.39 is 29.3 Å². The van der Waals surface area contributed by atoms with Gasteiger partial charge in [-0.25, -0.2) is 0 Å². The predicted molar refractivity (Wildman–Crippen MR) is 75.9 cm³/mol. The summed E-state index contributed by atoms with van der Waals surface area (Å²) < 4.78 is -6.83. The largest absolute Gasteiger partial charge is 3.00 e. The average Bonchev–Trinajstić information content (AvgIpc) is 2.14. The van der Waals surface area contributed by atoms with Crippen LogP contribution in [0.2, 0.25) is 0 Å². The number of halogens is 9. The van der Waals surface area contributed by atoms with Gasteiger partial charge in [-0.15, -0.1) is 0 Å². The van der Waals surface area contributed by atoms with Crippen molar-refractivity contribution in [1.29, 1.82) is 0 Å². The van der Waals surface area contributed by atoms with Crippen LogP contribution in [0.1, 0.15) is 0 Å². The molecule has 0 aromatic rings. The quantitative estimate of drug-likeness (QED) is 0.357. The molecule has 0 saturated heterocycles. The molecule has 0 saturated carbocycles. The van der Waals surface area contributed by atoms with Crippen LogP contribution >= 0.6 is 104 Å². The minimum atomic E-state index is -2.28. The Morgan fingerprint density at radius 3 is 0.545 bits per heavy atom. The topological polar surface area (TPSA) is 120 Å². The average molecular weight is 628 g/mol. The van der Waals surface area contributed by atoms with Crippen LogP contribution in [-0.2, 0) is 14.4 Å². The molecule has 0 bridgehead atoms. The summed E-state index contributed by atoms with van der Waals surface area (Å²) in [5.74, 6) is -5.13. The number of aliphatic carboxylic acids is 3. The Morgan fingerprint density at radius 1 is 0.500 bits per heavy atom. The summed E-state index contributed by atoms with van der Waals surface area (Å²) in [6, 6.07) is 0. The first-order chi connectivity index (χ1) is 8.83.